The second kappa shape index (κ2) is 20.6. The van der Waals surface area contributed by atoms with Gasteiger partial charge < -0.3 is 4.90 Å². The van der Waals surface area contributed by atoms with Crippen molar-refractivity contribution in [2.75, 3.05) is 4.90 Å². The number of aromatic nitrogens is 1. The van der Waals surface area contributed by atoms with Crippen molar-refractivity contribution in [1.82, 2.24) is 4.98 Å². The van der Waals surface area contributed by atoms with Gasteiger partial charge in [0.2, 0.25) is 6.71 Å². The van der Waals surface area contributed by atoms with E-state index in [9.17, 15) is 0 Å². The van der Waals surface area contributed by atoms with Crippen LogP contribution in [0.1, 0.15) is 207 Å². The summed E-state index contributed by atoms with van der Waals surface area (Å²) in [5.74, 6) is -0.0673. The third-order valence-corrected chi connectivity index (χ3v) is 22.9. The zero-order chi connectivity index (χ0) is 63.5. The van der Waals surface area contributed by atoms with E-state index in [4.69, 9.17) is 4.98 Å². The van der Waals surface area contributed by atoms with Gasteiger partial charge in [0.1, 0.15) is 0 Å². The van der Waals surface area contributed by atoms with Gasteiger partial charge in [0.25, 0.3) is 0 Å². The largest absolute Gasteiger partial charge is 0.330 e. The number of rotatable bonds is 6. The number of benzene rings is 9. The van der Waals surface area contributed by atoms with Crippen molar-refractivity contribution in [3.63, 3.8) is 0 Å². The quantitative estimate of drug-likeness (QED) is 0.154. The lowest BCUT2D eigenvalue weighted by atomic mass is 9.31. The molecule has 3 aliphatic heterocycles. The van der Waals surface area contributed by atoms with Crippen molar-refractivity contribution in [3.8, 4) is 33.5 Å². The number of nitrogens with zero attached hydrogens (tertiary/aromatic N) is 2. The summed E-state index contributed by atoms with van der Waals surface area (Å²) < 4.78 is 0. The Hall–Kier alpha value is -8.27. The van der Waals surface area contributed by atoms with Gasteiger partial charge in [0.15, 0.2) is 0 Å². The maximum absolute atomic E-state index is 4.93. The monoisotopic (exact) mass is 1180 g/mol. The van der Waals surface area contributed by atoms with E-state index < -0.39 is 5.54 Å². The minimum Gasteiger partial charge on any atom is -0.330 e. The molecule has 0 N–H and O–H groups in total. The van der Waals surface area contributed by atoms with Crippen LogP contribution < -0.4 is 21.3 Å². The molecule has 0 amide bonds. The molecule has 10 aromatic rings. The van der Waals surface area contributed by atoms with Crippen LogP contribution in [-0.4, -0.2) is 11.7 Å². The molecule has 2 nitrogen and oxygen atoms in total. The molecule has 9 aromatic carbocycles. The van der Waals surface area contributed by atoms with Crippen LogP contribution in [0.25, 0.3) is 45.2 Å². The highest BCUT2D eigenvalue weighted by molar-refractivity contribution is 6.97. The van der Waals surface area contributed by atoms with Gasteiger partial charge in [-0.1, -0.05) is 277 Å². The first kappa shape index (κ1) is 59.1. The molecule has 0 spiro atoms. The highest BCUT2D eigenvalue weighted by Gasteiger charge is 2.60. The van der Waals surface area contributed by atoms with E-state index >= 15 is 0 Å². The molecule has 3 heteroatoms. The molecular weight excluding hydrogens is 1100 g/mol. The summed E-state index contributed by atoms with van der Waals surface area (Å²) >= 11 is 0. The fraction of sp³-hybridized carbons (Fsp3) is 0.307. The molecule has 91 heavy (non-hydrogen) atoms. The average Bonchev–Trinajstić information content (AvgIpc) is 1.59. The van der Waals surface area contributed by atoms with Gasteiger partial charge in [-0.2, -0.15) is 0 Å². The minimum atomic E-state index is -0.435. The molecule has 2 aliphatic carbocycles. The summed E-state index contributed by atoms with van der Waals surface area (Å²) in [7, 11) is 0. The van der Waals surface area contributed by atoms with Crippen molar-refractivity contribution in [2.24, 2.45) is 0 Å². The predicted molar refractivity (Wildman–Crippen MR) is 388 cm³/mol. The Morgan fingerprint density at radius 3 is 1.73 bits per heavy atom. The molecule has 1 aromatic heterocycles. The minimum absolute atomic E-state index is 0.0181. The molecule has 4 heterocycles. The summed E-state index contributed by atoms with van der Waals surface area (Å²) in [6, 6.07) is 79.0. The topological polar surface area (TPSA) is 16.1 Å². The third-order valence-electron chi connectivity index (χ3n) is 22.9. The van der Waals surface area contributed by atoms with Crippen molar-refractivity contribution in [3.05, 3.63) is 284 Å². The second-order valence-corrected chi connectivity index (χ2v) is 32.4. The lowest BCUT2D eigenvalue weighted by Crippen LogP contribution is -2.60. The van der Waals surface area contributed by atoms with E-state index in [0.29, 0.717) is 0 Å². The van der Waals surface area contributed by atoms with Gasteiger partial charge in [0.05, 0.1) is 11.2 Å². The molecule has 3 unspecified atom stereocenters. The first-order valence-corrected chi connectivity index (χ1v) is 33.8. The lowest BCUT2D eigenvalue weighted by molar-refractivity contribution is 0.245. The van der Waals surface area contributed by atoms with Crippen LogP contribution in [0.4, 0.5) is 11.4 Å². The normalized spacial score (nSPS) is 20.0. The Morgan fingerprint density at radius 1 is 0.440 bits per heavy atom. The van der Waals surface area contributed by atoms with Gasteiger partial charge >= 0.3 is 0 Å². The average molecular weight is 1190 g/mol. The van der Waals surface area contributed by atoms with E-state index in [2.05, 4.69) is 309 Å². The van der Waals surface area contributed by atoms with Gasteiger partial charge in [-0.3, -0.25) is 4.98 Å². The molecule has 0 saturated carbocycles. The Kier molecular flexibility index (Phi) is 13.4. The zero-order valence-electron chi connectivity index (χ0n) is 56.6. The first-order valence-electron chi connectivity index (χ1n) is 33.8. The fourth-order valence-electron chi connectivity index (χ4n) is 17.2. The third kappa shape index (κ3) is 9.27. The van der Waals surface area contributed by atoms with Crippen LogP contribution in [-0.2, 0) is 44.4 Å². The number of aryl methyl sites for hydroxylation is 1. The Labute approximate surface area is 544 Å². The van der Waals surface area contributed by atoms with E-state index in [1.807, 2.05) is 12.3 Å². The fourth-order valence-corrected chi connectivity index (χ4v) is 17.2. The van der Waals surface area contributed by atoms with E-state index in [1.54, 1.807) is 0 Å². The summed E-state index contributed by atoms with van der Waals surface area (Å²) in [6.45, 7) is 36.5. The SMILES string of the molecule is CC(C)(C)c1ccc(C2=Cc3cc(C(C)(C)C)cc4c3B(c3cc(N5c6ccc(-c7ccccn7)cc6C6(C)CCc7ccccc7C56C)ccc32)c2cc3c(cc2C4c2ccc(C(C)(C)C)cc2-c2ccccc2)C(C)(C)CCC3(C)C)c(-c2ccccc2)c1. The summed E-state index contributed by atoms with van der Waals surface area (Å²) in [5.41, 5.74) is 33.6. The van der Waals surface area contributed by atoms with Crippen molar-refractivity contribution in [1.29, 1.82) is 0 Å². The van der Waals surface area contributed by atoms with Crippen molar-refractivity contribution >= 4 is 46.1 Å². The molecule has 0 bridgehead atoms. The zero-order valence-corrected chi connectivity index (χ0v) is 56.6. The first-order chi connectivity index (χ1) is 43.2. The summed E-state index contributed by atoms with van der Waals surface area (Å²) in [5, 5.41) is 0. The molecule has 3 atom stereocenters. The summed E-state index contributed by atoms with van der Waals surface area (Å²) in [6.07, 6.45) is 8.92. The van der Waals surface area contributed by atoms with Crippen LogP contribution >= 0.6 is 0 Å². The number of fused-ring (bicyclic) bond motifs is 10. The number of hydrogen-bond acceptors (Lipinski definition) is 2. The van der Waals surface area contributed by atoms with Gasteiger partial charge in [-0.05, 0) is 208 Å². The van der Waals surface area contributed by atoms with Gasteiger partial charge in [0, 0.05) is 34.5 Å². The van der Waals surface area contributed by atoms with Gasteiger partial charge in [-0.25, -0.2) is 0 Å². The van der Waals surface area contributed by atoms with Crippen LogP contribution in [0, 0.1) is 0 Å². The molecular formula is C88H89BN2. The highest BCUT2D eigenvalue weighted by Crippen LogP contribution is 2.64. The van der Waals surface area contributed by atoms with E-state index in [0.717, 1.165) is 36.9 Å². The molecule has 0 radical (unpaired) electrons. The molecule has 454 valence electrons. The maximum atomic E-state index is 4.93. The smallest absolute Gasteiger partial charge is 0.243 e. The Bertz CT molecular complexity index is 4620. The maximum Gasteiger partial charge on any atom is 0.243 e. The molecule has 0 saturated heterocycles. The van der Waals surface area contributed by atoms with E-state index in [1.165, 1.54) is 133 Å². The molecule has 0 fully saturated rings. The van der Waals surface area contributed by atoms with Crippen LogP contribution in [0.15, 0.2) is 206 Å². The van der Waals surface area contributed by atoms with Crippen molar-refractivity contribution in [2.45, 2.75) is 173 Å². The van der Waals surface area contributed by atoms with E-state index in [-0.39, 0.29) is 45.1 Å². The highest BCUT2D eigenvalue weighted by atomic mass is 15.3. The van der Waals surface area contributed by atoms with Gasteiger partial charge in [-0.15, -0.1) is 0 Å². The molecule has 15 rings (SSSR count). The number of anilines is 2. The number of pyridine rings is 1. The van der Waals surface area contributed by atoms with Crippen LogP contribution in [0.5, 0.6) is 0 Å². The molecule has 5 aliphatic rings. The standard InChI is InChI=1S/C88H89BN2/c1-82(2,3)60-34-37-64(67(49-60)55-26-18-16-19-27-55)69-47-59-46-62(84(7,8)9)51-71-80(66-38-35-61(83(4,5)6)50-68(66)56-28-20-17-21-29-56)70-53-73-74(86(12,13)44-43-85(73,10)11)54-77(70)89(81(59)71)76-52-63(36-39-65(69)76)91-79-40-33-58(78-32-24-25-45-90-78)48-75(79)87(14)42-41-57-30-22-23-31-72(57)88(87,91)15/h16-40,45-54,80H,41-44H2,1-15H3. The van der Waals surface area contributed by atoms with Crippen molar-refractivity contribution < 1.29 is 0 Å². The summed E-state index contributed by atoms with van der Waals surface area (Å²) in [4.78, 5) is 7.73. The van der Waals surface area contributed by atoms with Crippen LogP contribution in [0.2, 0.25) is 0 Å². The second-order valence-electron chi connectivity index (χ2n) is 32.4. The number of hydrogen-bond donors (Lipinski definition) is 0. The predicted octanol–water partition coefficient (Wildman–Crippen LogP) is 20.5. The Balaban J connectivity index is 1.10. The Morgan fingerprint density at radius 2 is 1.05 bits per heavy atom. The van der Waals surface area contributed by atoms with Crippen LogP contribution in [0.3, 0.4) is 0 Å². The lowest BCUT2D eigenvalue weighted by Gasteiger charge is -2.51.